The zero-order valence-corrected chi connectivity index (χ0v) is 16.9. The van der Waals surface area contributed by atoms with Gasteiger partial charge in [-0.1, -0.05) is 16.8 Å². The number of carbonyl (C=O) groups is 1. The van der Waals surface area contributed by atoms with Gasteiger partial charge >= 0.3 is 0 Å². The second-order valence-corrected chi connectivity index (χ2v) is 8.64. The number of hydrogen-bond donors (Lipinski definition) is 1. The van der Waals surface area contributed by atoms with Crippen molar-refractivity contribution in [1.29, 1.82) is 0 Å². The third-order valence-corrected chi connectivity index (χ3v) is 6.60. The molecule has 0 fully saturated rings. The van der Waals surface area contributed by atoms with Crippen LogP contribution in [0.2, 0.25) is 6.43 Å². The molecule has 3 aromatic rings. The molecule has 1 aliphatic heterocycles. The number of nitrogens with zero attached hydrogens (tertiary/aromatic N) is 1. The Labute approximate surface area is 185 Å². The SMILES string of the molecule is [2H]c1c(C)c(CC(=O)c2sccc2S(=O)(=O)N([2H])c2onc(C([2H])([2H])[2H])c2Cl)c([2H])c2c1OC([2H])O2. The number of benzene rings is 1. The molecule has 0 saturated carbocycles. The molecule has 152 valence electrons. The van der Waals surface area contributed by atoms with Crippen molar-refractivity contribution in [1.82, 2.24) is 5.16 Å². The van der Waals surface area contributed by atoms with E-state index in [0.717, 1.165) is 17.4 Å². The molecular formula is C18H15ClN2O6S2. The molecule has 0 amide bonds. The van der Waals surface area contributed by atoms with Crippen LogP contribution < -0.4 is 14.2 Å². The molecule has 2 aromatic heterocycles. The molecule has 1 aromatic carbocycles. The molecular weight excluding hydrogens is 440 g/mol. The highest BCUT2D eigenvalue weighted by atomic mass is 35.5. The highest BCUT2D eigenvalue weighted by Crippen LogP contribution is 2.36. The fourth-order valence-corrected chi connectivity index (χ4v) is 4.95. The van der Waals surface area contributed by atoms with Crippen LogP contribution in [-0.2, 0) is 16.4 Å². The molecule has 1 unspecified atom stereocenters. The van der Waals surface area contributed by atoms with E-state index in [2.05, 4.69) is 5.16 Å². The summed E-state index contributed by atoms with van der Waals surface area (Å²) in [7, 11) is -4.78. The zero-order chi connectivity index (χ0) is 26.7. The first kappa shape index (κ1) is 12.9. The van der Waals surface area contributed by atoms with Gasteiger partial charge in [0, 0.05) is 10.5 Å². The Kier molecular flexibility index (Phi) is 3.27. The van der Waals surface area contributed by atoms with Gasteiger partial charge in [0.05, 0.1) is 7.62 Å². The number of halogens is 1. The number of carbonyl (C=O) groups excluding carboxylic acids is 1. The van der Waals surface area contributed by atoms with Crippen LogP contribution in [0, 0.1) is 13.8 Å². The summed E-state index contributed by atoms with van der Waals surface area (Å²) in [6.07, 6.45) is -0.483. The minimum Gasteiger partial charge on any atom is -0.454 e. The standard InChI is InChI=1S/C18H15ClN2O6S2/c1-9-5-13-14(26-8-25-13)7-11(9)6-12(22)17-15(3-4-28-17)29(23,24)21-18-16(19)10(2)20-27-18/h3-5,7,21H,6,8H2,1-2H3/i2D3,5D,7D,8D/hD. The minimum atomic E-state index is -4.78. The lowest BCUT2D eigenvalue weighted by atomic mass is 10.0. The number of thiophene rings is 1. The van der Waals surface area contributed by atoms with Crippen molar-refractivity contribution in [3.05, 3.63) is 50.3 Å². The summed E-state index contributed by atoms with van der Waals surface area (Å²) in [6, 6.07) is 0.647. The summed E-state index contributed by atoms with van der Waals surface area (Å²) in [5, 5.41) is 3.86. The lowest BCUT2D eigenvalue weighted by Gasteiger charge is -2.09. The first-order chi connectivity index (χ1) is 16.7. The molecule has 0 radical (unpaired) electrons. The van der Waals surface area contributed by atoms with Gasteiger partial charge in [0.1, 0.15) is 17.0 Å². The fraction of sp³-hybridized carbons (Fsp3) is 0.222. The quantitative estimate of drug-likeness (QED) is 0.553. The second kappa shape index (κ2) is 7.36. The average Bonchev–Trinajstić information content (AvgIpc) is 3.52. The molecule has 1 atom stereocenters. The maximum Gasteiger partial charge on any atom is 0.265 e. The van der Waals surface area contributed by atoms with Gasteiger partial charge in [-0.05, 0) is 48.4 Å². The predicted molar refractivity (Wildman–Crippen MR) is 107 cm³/mol. The second-order valence-electron chi connectivity index (χ2n) is 5.77. The van der Waals surface area contributed by atoms with Gasteiger partial charge in [-0.2, -0.15) is 0 Å². The van der Waals surface area contributed by atoms with E-state index in [1.165, 1.54) is 12.3 Å². The Morgan fingerprint density at radius 3 is 2.97 bits per heavy atom. The van der Waals surface area contributed by atoms with Gasteiger partial charge in [-0.25, -0.2) is 13.1 Å². The lowest BCUT2D eigenvalue weighted by molar-refractivity contribution is 0.0994. The monoisotopic (exact) mass is 461 g/mol. The number of Topliss-reactive ketones (excluding diaryl/α,β-unsaturated/α-hetero) is 1. The number of rotatable bonds is 6. The number of hydrogen-bond acceptors (Lipinski definition) is 8. The van der Waals surface area contributed by atoms with E-state index in [4.69, 9.17) is 35.2 Å². The van der Waals surface area contributed by atoms with Crippen LogP contribution in [0.25, 0.3) is 0 Å². The van der Waals surface area contributed by atoms with E-state index in [0.29, 0.717) is 0 Å². The molecule has 11 heteroatoms. The van der Waals surface area contributed by atoms with Crippen LogP contribution in [0.5, 0.6) is 11.5 Å². The number of sulfonamides is 1. The third kappa shape index (κ3) is 3.70. The first-order valence-electron chi connectivity index (χ1n) is 11.4. The largest absolute Gasteiger partial charge is 0.454 e. The Hall–Kier alpha value is -2.56. The first-order valence-corrected chi connectivity index (χ1v) is 10.5. The van der Waals surface area contributed by atoms with E-state index in [-0.39, 0.29) is 44.3 Å². The van der Waals surface area contributed by atoms with E-state index in [1.807, 2.05) is 0 Å². The van der Waals surface area contributed by atoms with Crippen LogP contribution in [0.4, 0.5) is 5.88 Å². The summed E-state index contributed by atoms with van der Waals surface area (Å²) in [5.74, 6) is -1.84. The zero-order valence-electron chi connectivity index (χ0n) is 21.5. The number of anilines is 1. The van der Waals surface area contributed by atoms with Gasteiger partial charge < -0.3 is 14.0 Å². The minimum absolute atomic E-state index is 0.0847. The summed E-state index contributed by atoms with van der Waals surface area (Å²) in [4.78, 5) is 12.3. The predicted octanol–water partition coefficient (Wildman–Crippen LogP) is 3.96. The van der Waals surface area contributed by atoms with Crippen LogP contribution in [-0.4, -0.2) is 26.1 Å². The normalized spacial score (nSPS) is 19.4. The molecule has 3 heterocycles. The Bertz CT molecular complexity index is 1490. The number of aromatic nitrogens is 1. The van der Waals surface area contributed by atoms with Crippen LogP contribution in [0.1, 0.15) is 34.7 Å². The van der Waals surface area contributed by atoms with E-state index >= 15 is 0 Å². The summed E-state index contributed by atoms with van der Waals surface area (Å²) < 4.78 is 95.3. The molecule has 0 aliphatic carbocycles. The van der Waals surface area contributed by atoms with Gasteiger partial charge in [0.25, 0.3) is 15.9 Å². The Morgan fingerprint density at radius 2 is 2.24 bits per heavy atom. The van der Waals surface area contributed by atoms with E-state index < -0.39 is 57.3 Å². The van der Waals surface area contributed by atoms with Crippen molar-refractivity contribution in [2.24, 2.45) is 0 Å². The van der Waals surface area contributed by atoms with Crippen LogP contribution in [0.15, 0.2) is 32.9 Å². The topological polar surface area (TPSA) is 108 Å². The van der Waals surface area contributed by atoms with Crippen molar-refractivity contribution < 1.29 is 36.8 Å². The Balaban J connectivity index is 1.68. The summed E-state index contributed by atoms with van der Waals surface area (Å²) in [6.45, 7) is -2.79. The molecule has 0 saturated heterocycles. The number of fused-ring (bicyclic) bond motifs is 1. The van der Waals surface area contributed by atoms with E-state index in [9.17, 15) is 13.2 Å². The molecule has 1 aliphatic rings. The van der Waals surface area contributed by atoms with Crippen LogP contribution >= 0.6 is 22.9 Å². The van der Waals surface area contributed by atoms with Crippen molar-refractivity contribution >= 4 is 44.6 Å². The van der Waals surface area contributed by atoms with Crippen molar-refractivity contribution in [3.63, 3.8) is 0 Å². The highest BCUT2D eigenvalue weighted by molar-refractivity contribution is 7.93. The average molecular weight is 462 g/mol. The van der Waals surface area contributed by atoms with Gasteiger partial charge in [-0.15, -0.1) is 11.3 Å². The number of aryl methyl sites for hydroxylation is 1. The molecule has 4 rings (SSSR count). The molecule has 29 heavy (non-hydrogen) atoms. The maximum absolute atomic E-state index is 13.2. The molecule has 0 spiro atoms. The fourth-order valence-electron chi connectivity index (χ4n) is 2.48. The molecule has 8 nitrogen and oxygen atoms in total. The summed E-state index contributed by atoms with van der Waals surface area (Å²) in [5.41, 5.74) is -0.421. The van der Waals surface area contributed by atoms with Gasteiger partial charge in [-0.3, -0.25) is 4.79 Å². The van der Waals surface area contributed by atoms with Crippen molar-refractivity contribution in [3.8, 4) is 11.5 Å². The third-order valence-electron chi connectivity index (χ3n) is 3.88. The lowest BCUT2D eigenvalue weighted by Crippen LogP contribution is -2.16. The summed E-state index contributed by atoms with van der Waals surface area (Å²) >= 11 is 6.68. The smallest absolute Gasteiger partial charge is 0.265 e. The highest BCUT2D eigenvalue weighted by Gasteiger charge is 2.27. The number of ether oxygens (including phenoxy) is 2. The van der Waals surface area contributed by atoms with Gasteiger partial charge in [0.2, 0.25) is 6.77 Å². The number of ketones is 1. The van der Waals surface area contributed by atoms with E-state index in [1.54, 1.807) is 0 Å². The molecule has 0 bridgehead atoms. The van der Waals surface area contributed by atoms with Gasteiger partial charge in [0.15, 0.2) is 18.7 Å². The van der Waals surface area contributed by atoms with Crippen LogP contribution in [0.3, 0.4) is 0 Å². The molecule has 1 N–H and O–H groups in total. The maximum atomic E-state index is 13.2. The van der Waals surface area contributed by atoms with Crippen molar-refractivity contribution in [2.45, 2.75) is 25.1 Å². The van der Waals surface area contributed by atoms with Crippen molar-refractivity contribution in [2.75, 3.05) is 11.5 Å². The number of nitrogens with one attached hydrogen (secondary N) is 1. The Morgan fingerprint density at radius 1 is 1.48 bits per heavy atom.